The normalized spacial score (nSPS) is 12.6. The lowest BCUT2D eigenvalue weighted by atomic mass is 10.0. The molecule has 0 atom stereocenters. The van der Waals surface area contributed by atoms with E-state index in [9.17, 15) is 14.0 Å². The van der Waals surface area contributed by atoms with Crippen LogP contribution in [0.1, 0.15) is 33.5 Å². The highest BCUT2D eigenvalue weighted by atomic mass is 19.1. The van der Waals surface area contributed by atoms with Crippen LogP contribution in [0.2, 0.25) is 0 Å². The summed E-state index contributed by atoms with van der Waals surface area (Å²) < 4.78 is 23.5. The van der Waals surface area contributed by atoms with E-state index in [1.807, 2.05) is 12.1 Å². The molecular weight excluding hydrogens is 323 g/mol. The summed E-state index contributed by atoms with van der Waals surface area (Å²) in [4.78, 5) is 24.1. The van der Waals surface area contributed by atoms with Gasteiger partial charge in [0.25, 0.3) is 0 Å². The third-order valence-corrected chi connectivity index (χ3v) is 4.35. The Bertz CT molecular complexity index is 813. The number of methoxy groups -OCH3 is 1. The molecule has 0 heterocycles. The van der Waals surface area contributed by atoms with Gasteiger partial charge in [0, 0.05) is 5.56 Å². The molecule has 0 N–H and O–H groups in total. The molecule has 0 spiro atoms. The number of halogens is 1. The van der Waals surface area contributed by atoms with E-state index in [2.05, 4.69) is 0 Å². The van der Waals surface area contributed by atoms with Crippen LogP contribution in [0.5, 0.6) is 5.75 Å². The van der Waals surface area contributed by atoms with Crippen molar-refractivity contribution < 1.29 is 23.5 Å². The van der Waals surface area contributed by atoms with E-state index < -0.39 is 11.8 Å². The molecule has 0 aliphatic heterocycles. The second-order valence-corrected chi connectivity index (χ2v) is 6.07. The minimum atomic E-state index is -0.570. The van der Waals surface area contributed by atoms with Gasteiger partial charge >= 0.3 is 5.97 Å². The minimum Gasteiger partial charge on any atom is -0.494 e. The predicted octanol–water partition coefficient (Wildman–Crippen LogP) is 3.29. The van der Waals surface area contributed by atoms with E-state index in [0.717, 1.165) is 19.3 Å². The number of hydrogen-bond donors (Lipinski definition) is 0. The number of aryl methyl sites for hydroxylation is 2. The first-order chi connectivity index (χ1) is 12.1. The number of Topliss-reactive ketones (excluding diaryl/α,β-unsaturated/α-hetero) is 1. The highest BCUT2D eigenvalue weighted by Crippen LogP contribution is 2.23. The summed E-state index contributed by atoms with van der Waals surface area (Å²) in [5.74, 6) is -1.23. The molecule has 2 aromatic rings. The first kappa shape index (κ1) is 17.1. The monoisotopic (exact) mass is 342 g/mol. The lowest BCUT2D eigenvalue weighted by Gasteiger charge is -2.07. The molecule has 0 saturated heterocycles. The SMILES string of the molecule is COc1ccc(CC(=O)OCC(=O)c2ccc3c(c2)CCC3)cc1F. The lowest BCUT2D eigenvalue weighted by Crippen LogP contribution is -2.16. The van der Waals surface area contributed by atoms with Gasteiger partial charge < -0.3 is 9.47 Å². The first-order valence-electron chi connectivity index (χ1n) is 8.20. The molecule has 3 rings (SSSR count). The number of rotatable bonds is 6. The summed E-state index contributed by atoms with van der Waals surface area (Å²) in [6, 6.07) is 9.90. The van der Waals surface area contributed by atoms with Gasteiger partial charge in [-0.3, -0.25) is 9.59 Å². The third kappa shape index (κ3) is 4.05. The fourth-order valence-electron chi connectivity index (χ4n) is 3.01. The Balaban J connectivity index is 1.55. The smallest absolute Gasteiger partial charge is 0.310 e. The van der Waals surface area contributed by atoms with Gasteiger partial charge in [-0.15, -0.1) is 0 Å². The van der Waals surface area contributed by atoms with Crippen LogP contribution in [-0.4, -0.2) is 25.5 Å². The molecule has 4 nitrogen and oxygen atoms in total. The topological polar surface area (TPSA) is 52.6 Å². The average molecular weight is 342 g/mol. The molecule has 0 bridgehead atoms. The van der Waals surface area contributed by atoms with E-state index in [4.69, 9.17) is 9.47 Å². The molecule has 0 aromatic heterocycles. The van der Waals surface area contributed by atoms with Crippen molar-refractivity contribution in [2.75, 3.05) is 13.7 Å². The van der Waals surface area contributed by atoms with Crippen molar-refractivity contribution in [1.82, 2.24) is 0 Å². The van der Waals surface area contributed by atoms with Gasteiger partial charge in [-0.1, -0.05) is 18.2 Å². The van der Waals surface area contributed by atoms with Crippen molar-refractivity contribution in [2.24, 2.45) is 0 Å². The zero-order valence-corrected chi connectivity index (χ0v) is 14.0. The van der Waals surface area contributed by atoms with Crippen LogP contribution in [0.4, 0.5) is 4.39 Å². The van der Waals surface area contributed by atoms with Crippen molar-refractivity contribution in [3.63, 3.8) is 0 Å². The molecule has 2 aromatic carbocycles. The van der Waals surface area contributed by atoms with Crippen LogP contribution in [0.25, 0.3) is 0 Å². The van der Waals surface area contributed by atoms with Crippen molar-refractivity contribution in [2.45, 2.75) is 25.7 Å². The Morgan fingerprint density at radius 3 is 2.64 bits per heavy atom. The van der Waals surface area contributed by atoms with Crippen LogP contribution >= 0.6 is 0 Å². The largest absolute Gasteiger partial charge is 0.494 e. The number of fused-ring (bicyclic) bond motifs is 1. The lowest BCUT2D eigenvalue weighted by molar-refractivity contribution is -0.141. The first-order valence-corrected chi connectivity index (χ1v) is 8.20. The molecule has 1 aliphatic carbocycles. The van der Waals surface area contributed by atoms with Gasteiger partial charge in [0.2, 0.25) is 0 Å². The summed E-state index contributed by atoms with van der Waals surface area (Å²) in [5.41, 5.74) is 3.51. The maximum atomic E-state index is 13.6. The highest BCUT2D eigenvalue weighted by molar-refractivity contribution is 5.98. The molecule has 0 amide bonds. The summed E-state index contributed by atoms with van der Waals surface area (Å²) in [6.07, 6.45) is 3.05. The van der Waals surface area contributed by atoms with Gasteiger partial charge in [0.15, 0.2) is 24.0 Å². The second-order valence-electron chi connectivity index (χ2n) is 6.07. The Morgan fingerprint density at radius 1 is 1.08 bits per heavy atom. The Labute approximate surface area is 145 Å². The Hall–Kier alpha value is -2.69. The van der Waals surface area contributed by atoms with E-state index >= 15 is 0 Å². The number of carbonyl (C=O) groups is 2. The molecule has 0 fully saturated rings. The van der Waals surface area contributed by atoms with E-state index in [0.29, 0.717) is 11.1 Å². The van der Waals surface area contributed by atoms with E-state index in [1.165, 1.54) is 30.4 Å². The summed E-state index contributed by atoms with van der Waals surface area (Å²) in [5, 5.41) is 0. The molecular formula is C20H19FO4. The number of benzene rings is 2. The molecule has 0 saturated carbocycles. The fraction of sp³-hybridized carbons (Fsp3) is 0.300. The third-order valence-electron chi connectivity index (χ3n) is 4.35. The van der Waals surface area contributed by atoms with Crippen molar-refractivity contribution in [3.8, 4) is 5.75 Å². The van der Waals surface area contributed by atoms with Gasteiger partial charge in [-0.25, -0.2) is 4.39 Å². The fourth-order valence-corrected chi connectivity index (χ4v) is 3.01. The molecule has 5 heteroatoms. The second kappa shape index (κ2) is 7.47. The Kier molecular flexibility index (Phi) is 5.12. The van der Waals surface area contributed by atoms with E-state index in [-0.39, 0.29) is 24.6 Å². The number of hydrogen-bond acceptors (Lipinski definition) is 4. The standard InChI is InChI=1S/C20H19FO4/c1-24-19-8-5-13(9-17(19)21)10-20(23)25-12-18(22)16-7-6-14-3-2-4-15(14)11-16/h5-9,11H,2-4,10,12H2,1H3. The quantitative estimate of drug-likeness (QED) is 0.597. The summed E-state index contributed by atoms with van der Waals surface area (Å²) in [7, 11) is 1.37. The van der Waals surface area contributed by atoms with Crippen LogP contribution in [0.15, 0.2) is 36.4 Å². The zero-order chi connectivity index (χ0) is 17.8. The predicted molar refractivity (Wildman–Crippen MR) is 90.4 cm³/mol. The number of ketones is 1. The summed E-state index contributed by atoms with van der Waals surface area (Å²) >= 11 is 0. The number of carbonyl (C=O) groups excluding carboxylic acids is 2. The van der Waals surface area contributed by atoms with Gasteiger partial charge in [0.1, 0.15) is 0 Å². The highest BCUT2D eigenvalue weighted by Gasteiger charge is 2.16. The van der Waals surface area contributed by atoms with E-state index in [1.54, 1.807) is 12.1 Å². The Morgan fingerprint density at radius 2 is 1.88 bits per heavy atom. The van der Waals surface area contributed by atoms with Crippen LogP contribution in [0.3, 0.4) is 0 Å². The van der Waals surface area contributed by atoms with Crippen molar-refractivity contribution in [1.29, 1.82) is 0 Å². The maximum Gasteiger partial charge on any atom is 0.310 e. The summed E-state index contributed by atoms with van der Waals surface area (Å²) in [6.45, 7) is -0.309. The van der Waals surface area contributed by atoms with Crippen LogP contribution < -0.4 is 4.74 Å². The van der Waals surface area contributed by atoms with Crippen LogP contribution in [0, 0.1) is 5.82 Å². The van der Waals surface area contributed by atoms with Gasteiger partial charge in [-0.2, -0.15) is 0 Å². The molecule has 130 valence electrons. The minimum absolute atomic E-state index is 0.0988. The van der Waals surface area contributed by atoms with Crippen LogP contribution in [-0.2, 0) is 28.8 Å². The average Bonchev–Trinajstić information content (AvgIpc) is 3.07. The molecule has 25 heavy (non-hydrogen) atoms. The zero-order valence-electron chi connectivity index (χ0n) is 14.0. The van der Waals surface area contributed by atoms with Crippen molar-refractivity contribution >= 4 is 11.8 Å². The maximum absolute atomic E-state index is 13.6. The van der Waals surface area contributed by atoms with Gasteiger partial charge in [-0.05, 0) is 54.2 Å². The number of ether oxygens (including phenoxy) is 2. The molecule has 1 aliphatic rings. The van der Waals surface area contributed by atoms with Crippen molar-refractivity contribution in [3.05, 3.63) is 64.5 Å². The molecule has 0 unspecified atom stereocenters. The van der Waals surface area contributed by atoms with Gasteiger partial charge in [0.05, 0.1) is 13.5 Å². The number of esters is 1. The molecule has 0 radical (unpaired) electrons.